The van der Waals surface area contributed by atoms with Gasteiger partial charge in [-0.25, -0.2) is 0 Å². The summed E-state index contributed by atoms with van der Waals surface area (Å²) in [5.41, 5.74) is 5.68. The Morgan fingerprint density at radius 1 is 1.32 bits per heavy atom. The van der Waals surface area contributed by atoms with E-state index in [2.05, 4.69) is 0 Å². The van der Waals surface area contributed by atoms with E-state index in [0.717, 1.165) is 4.90 Å². The smallest absolute Gasteiger partial charge is 0.274 e. The minimum Gasteiger partial charge on any atom is -0.496 e. The first-order valence-electron chi connectivity index (χ1n) is 6.36. The molecule has 0 radical (unpaired) electrons. The highest BCUT2D eigenvalue weighted by molar-refractivity contribution is 7.98. The van der Waals surface area contributed by atoms with Crippen LogP contribution in [0.5, 0.6) is 5.75 Å². The molecule has 6 nitrogen and oxygen atoms in total. The van der Waals surface area contributed by atoms with E-state index in [-0.39, 0.29) is 11.3 Å². The lowest BCUT2D eigenvalue weighted by Gasteiger charge is -2.08. The predicted molar refractivity (Wildman–Crippen MR) is 84.2 cm³/mol. The Bertz CT molecular complexity index is 718. The highest BCUT2D eigenvalue weighted by atomic mass is 32.2. The summed E-state index contributed by atoms with van der Waals surface area (Å²) >= 11 is 1.42. The van der Waals surface area contributed by atoms with Crippen LogP contribution in [0.2, 0.25) is 0 Å². The monoisotopic (exact) mass is 318 g/mol. The first kappa shape index (κ1) is 15.8. The number of ether oxygens (including phenoxy) is 1. The van der Waals surface area contributed by atoms with Crippen LogP contribution in [-0.2, 0) is 5.75 Å². The number of rotatable bonds is 6. The van der Waals surface area contributed by atoms with Gasteiger partial charge in [-0.3, -0.25) is 14.9 Å². The van der Waals surface area contributed by atoms with Gasteiger partial charge in [0.1, 0.15) is 5.75 Å². The number of hydrogen-bond acceptors (Lipinski definition) is 5. The van der Waals surface area contributed by atoms with Crippen molar-refractivity contribution >= 4 is 23.4 Å². The fraction of sp³-hybridized carbons (Fsp3) is 0.133. The number of para-hydroxylation sites is 1. The van der Waals surface area contributed by atoms with Crippen LogP contribution in [-0.4, -0.2) is 17.9 Å². The number of nitrogens with two attached hydrogens (primary N) is 1. The van der Waals surface area contributed by atoms with Crippen LogP contribution < -0.4 is 10.5 Å². The SMILES string of the molecule is COc1ccccc1SCc1ccc(C(N)=O)cc1[N+](=O)[O-]. The van der Waals surface area contributed by atoms with Crippen molar-refractivity contribution in [2.24, 2.45) is 5.73 Å². The van der Waals surface area contributed by atoms with Gasteiger partial charge in [-0.05, 0) is 18.2 Å². The van der Waals surface area contributed by atoms with Crippen molar-refractivity contribution in [3.8, 4) is 5.75 Å². The summed E-state index contributed by atoms with van der Waals surface area (Å²) in [7, 11) is 1.57. The predicted octanol–water partition coefficient (Wildman–Crippen LogP) is 2.99. The molecule has 2 rings (SSSR count). The molecule has 2 aromatic carbocycles. The maximum atomic E-state index is 11.2. The normalized spacial score (nSPS) is 10.2. The Morgan fingerprint density at radius 3 is 2.68 bits per heavy atom. The number of thioether (sulfide) groups is 1. The first-order chi connectivity index (χ1) is 10.5. The molecule has 0 aromatic heterocycles. The van der Waals surface area contributed by atoms with Crippen LogP contribution in [0.1, 0.15) is 15.9 Å². The van der Waals surface area contributed by atoms with Crippen molar-refractivity contribution in [2.45, 2.75) is 10.6 Å². The average Bonchev–Trinajstić information content (AvgIpc) is 2.52. The molecular formula is C15H14N2O4S. The zero-order valence-electron chi connectivity index (χ0n) is 11.8. The van der Waals surface area contributed by atoms with Crippen molar-refractivity contribution in [1.29, 1.82) is 0 Å². The summed E-state index contributed by atoms with van der Waals surface area (Å²) in [4.78, 5) is 22.7. The first-order valence-corrected chi connectivity index (χ1v) is 7.34. The summed E-state index contributed by atoms with van der Waals surface area (Å²) in [6.45, 7) is 0. The molecule has 0 aliphatic carbocycles. The summed E-state index contributed by atoms with van der Waals surface area (Å²) < 4.78 is 5.25. The zero-order valence-corrected chi connectivity index (χ0v) is 12.6. The van der Waals surface area contributed by atoms with E-state index in [1.807, 2.05) is 24.3 Å². The summed E-state index contributed by atoms with van der Waals surface area (Å²) in [6.07, 6.45) is 0. The van der Waals surface area contributed by atoms with Gasteiger partial charge in [-0.2, -0.15) is 0 Å². The number of methoxy groups -OCH3 is 1. The van der Waals surface area contributed by atoms with Gasteiger partial charge in [0.05, 0.1) is 12.0 Å². The maximum absolute atomic E-state index is 11.2. The van der Waals surface area contributed by atoms with E-state index in [4.69, 9.17) is 10.5 Å². The van der Waals surface area contributed by atoms with Crippen LogP contribution in [0, 0.1) is 10.1 Å². The molecule has 0 heterocycles. The molecule has 0 aliphatic heterocycles. The number of carbonyl (C=O) groups is 1. The number of amides is 1. The lowest BCUT2D eigenvalue weighted by molar-refractivity contribution is -0.385. The third-order valence-electron chi connectivity index (χ3n) is 3.02. The second kappa shape index (κ2) is 6.95. The molecule has 0 spiro atoms. The second-order valence-electron chi connectivity index (χ2n) is 4.40. The van der Waals surface area contributed by atoms with Gasteiger partial charge >= 0.3 is 0 Å². The van der Waals surface area contributed by atoms with E-state index >= 15 is 0 Å². The molecule has 2 aromatic rings. The Balaban J connectivity index is 2.26. The van der Waals surface area contributed by atoms with E-state index in [1.165, 1.54) is 23.9 Å². The number of hydrogen-bond donors (Lipinski definition) is 1. The van der Waals surface area contributed by atoms with Crippen molar-refractivity contribution in [2.75, 3.05) is 7.11 Å². The van der Waals surface area contributed by atoms with Gasteiger partial charge in [0.15, 0.2) is 0 Å². The molecule has 0 saturated heterocycles. The Hall–Kier alpha value is -2.54. The summed E-state index contributed by atoms with van der Waals surface area (Å²) in [5, 5.41) is 11.2. The molecule has 0 bridgehead atoms. The molecule has 1 amide bonds. The number of benzene rings is 2. The fourth-order valence-electron chi connectivity index (χ4n) is 1.90. The average molecular weight is 318 g/mol. The van der Waals surface area contributed by atoms with Crippen LogP contribution in [0.25, 0.3) is 0 Å². The molecule has 2 N–H and O–H groups in total. The Kier molecular flexibility index (Phi) is 5.00. The molecular weight excluding hydrogens is 304 g/mol. The molecule has 0 unspecified atom stereocenters. The van der Waals surface area contributed by atoms with Gasteiger partial charge in [0, 0.05) is 27.8 Å². The standard InChI is InChI=1S/C15H14N2O4S/c1-21-13-4-2-3-5-14(13)22-9-11-7-6-10(15(16)18)8-12(11)17(19)20/h2-8H,9H2,1H3,(H2,16,18). The summed E-state index contributed by atoms with van der Waals surface area (Å²) in [5.74, 6) is 0.409. The van der Waals surface area contributed by atoms with Crippen LogP contribution in [0.3, 0.4) is 0 Å². The van der Waals surface area contributed by atoms with Crippen molar-refractivity contribution in [1.82, 2.24) is 0 Å². The highest BCUT2D eigenvalue weighted by Crippen LogP contribution is 2.33. The van der Waals surface area contributed by atoms with E-state index in [9.17, 15) is 14.9 Å². The topological polar surface area (TPSA) is 95.5 Å². The Labute approximate surface area is 131 Å². The number of nitro groups is 1. The molecule has 114 valence electrons. The number of carbonyl (C=O) groups excluding carboxylic acids is 1. The molecule has 0 fully saturated rings. The largest absolute Gasteiger partial charge is 0.496 e. The van der Waals surface area contributed by atoms with Crippen LogP contribution >= 0.6 is 11.8 Å². The van der Waals surface area contributed by atoms with E-state index in [1.54, 1.807) is 13.2 Å². The number of nitrogens with zero attached hydrogens (tertiary/aromatic N) is 1. The number of primary amides is 1. The van der Waals surface area contributed by atoms with Gasteiger partial charge in [-0.15, -0.1) is 11.8 Å². The second-order valence-corrected chi connectivity index (χ2v) is 5.42. The molecule has 22 heavy (non-hydrogen) atoms. The lowest BCUT2D eigenvalue weighted by atomic mass is 10.1. The van der Waals surface area contributed by atoms with Crippen LogP contribution in [0.15, 0.2) is 47.4 Å². The van der Waals surface area contributed by atoms with Gasteiger partial charge in [0.25, 0.3) is 5.69 Å². The fourth-order valence-corrected chi connectivity index (χ4v) is 2.93. The van der Waals surface area contributed by atoms with Crippen LogP contribution in [0.4, 0.5) is 5.69 Å². The highest BCUT2D eigenvalue weighted by Gasteiger charge is 2.17. The third-order valence-corrected chi connectivity index (χ3v) is 4.12. The van der Waals surface area contributed by atoms with Gasteiger partial charge < -0.3 is 10.5 Å². The van der Waals surface area contributed by atoms with E-state index < -0.39 is 10.8 Å². The van der Waals surface area contributed by atoms with Gasteiger partial charge in [-0.1, -0.05) is 18.2 Å². The molecule has 0 atom stereocenters. The van der Waals surface area contributed by atoms with E-state index in [0.29, 0.717) is 17.1 Å². The minimum atomic E-state index is -0.688. The van der Waals surface area contributed by atoms with Crippen molar-refractivity contribution in [3.63, 3.8) is 0 Å². The minimum absolute atomic E-state index is 0.112. The maximum Gasteiger partial charge on any atom is 0.274 e. The quantitative estimate of drug-likeness (QED) is 0.502. The lowest BCUT2D eigenvalue weighted by Crippen LogP contribution is -2.11. The van der Waals surface area contributed by atoms with Crippen molar-refractivity contribution in [3.05, 3.63) is 63.7 Å². The van der Waals surface area contributed by atoms with Gasteiger partial charge in [0.2, 0.25) is 5.91 Å². The Morgan fingerprint density at radius 2 is 2.05 bits per heavy atom. The molecule has 0 aliphatic rings. The third kappa shape index (κ3) is 3.56. The number of nitro benzene ring substituents is 1. The van der Waals surface area contributed by atoms with Crippen molar-refractivity contribution < 1.29 is 14.5 Å². The molecule has 7 heteroatoms. The molecule has 0 saturated carbocycles. The zero-order chi connectivity index (χ0) is 16.1. The summed E-state index contributed by atoms with van der Waals surface area (Å²) in [6, 6.07) is 11.7.